The first-order valence-corrected chi connectivity index (χ1v) is 7.40. The topological polar surface area (TPSA) is 47.0 Å². The molecule has 0 aliphatic carbocycles. The lowest BCUT2D eigenvalue weighted by molar-refractivity contribution is 0.439. The Labute approximate surface area is 134 Å². The average Bonchev–Trinajstić information content (AvgIpc) is 2.41. The maximum absolute atomic E-state index is 6.06. The zero-order valence-electron chi connectivity index (χ0n) is 12.2. The molecule has 0 saturated carbocycles. The Bertz CT molecular complexity index is 632. The van der Waals surface area contributed by atoms with E-state index in [4.69, 9.17) is 27.9 Å². The van der Waals surface area contributed by atoms with Crippen molar-refractivity contribution in [2.24, 2.45) is 0 Å². The van der Waals surface area contributed by atoms with Crippen LogP contribution in [0.4, 0.5) is 0 Å². The van der Waals surface area contributed by atoms with Gasteiger partial charge in [-0.05, 0) is 25.1 Å². The molecule has 0 fully saturated rings. The van der Waals surface area contributed by atoms with Crippen molar-refractivity contribution in [2.45, 2.75) is 33.4 Å². The summed E-state index contributed by atoms with van der Waals surface area (Å²) in [4.78, 5) is 8.56. The van der Waals surface area contributed by atoms with Gasteiger partial charge < -0.3 is 10.1 Å². The zero-order valence-corrected chi connectivity index (χ0v) is 13.7. The molecular weight excluding hydrogens is 309 g/mol. The standard InChI is InChI=1S/C15H17Cl2N3O/c1-9(2)18-7-11-8-19-15(20-10(11)3)21-14-5-4-12(16)6-13(14)17/h4-6,8-9,18H,7H2,1-3H3. The molecule has 2 aromatic rings. The summed E-state index contributed by atoms with van der Waals surface area (Å²) in [5.74, 6) is 0.480. The molecule has 1 N–H and O–H groups in total. The Balaban J connectivity index is 2.12. The maximum atomic E-state index is 6.06. The molecule has 0 spiro atoms. The molecule has 2 rings (SSSR count). The van der Waals surface area contributed by atoms with Gasteiger partial charge in [-0.3, -0.25) is 0 Å². The summed E-state index contributed by atoms with van der Waals surface area (Å²) >= 11 is 11.9. The van der Waals surface area contributed by atoms with E-state index in [-0.39, 0.29) is 6.01 Å². The second-order valence-electron chi connectivity index (χ2n) is 4.98. The number of hydrogen-bond donors (Lipinski definition) is 1. The summed E-state index contributed by atoms with van der Waals surface area (Å²) in [6.45, 7) is 6.84. The lowest BCUT2D eigenvalue weighted by Crippen LogP contribution is -2.22. The molecule has 1 aromatic carbocycles. The van der Waals surface area contributed by atoms with E-state index in [2.05, 4.69) is 29.1 Å². The van der Waals surface area contributed by atoms with E-state index in [9.17, 15) is 0 Å². The Hall–Kier alpha value is -1.36. The van der Waals surface area contributed by atoms with Crippen LogP contribution in [0.3, 0.4) is 0 Å². The van der Waals surface area contributed by atoms with E-state index in [0.29, 0.717) is 21.8 Å². The van der Waals surface area contributed by atoms with Crippen LogP contribution in [0.2, 0.25) is 10.0 Å². The van der Waals surface area contributed by atoms with Gasteiger partial charge in [-0.1, -0.05) is 37.0 Å². The van der Waals surface area contributed by atoms with Gasteiger partial charge in [-0.25, -0.2) is 4.98 Å². The third-order valence-electron chi connectivity index (χ3n) is 2.85. The quantitative estimate of drug-likeness (QED) is 0.886. The second kappa shape index (κ2) is 7.07. The van der Waals surface area contributed by atoms with E-state index in [1.165, 1.54) is 0 Å². The van der Waals surface area contributed by atoms with Crippen LogP contribution in [0, 0.1) is 6.92 Å². The number of hydrogen-bond acceptors (Lipinski definition) is 4. The highest BCUT2D eigenvalue weighted by molar-refractivity contribution is 6.35. The molecule has 0 bridgehead atoms. The number of nitrogens with one attached hydrogen (secondary N) is 1. The minimum atomic E-state index is 0.269. The average molecular weight is 326 g/mol. The minimum absolute atomic E-state index is 0.269. The molecule has 0 aliphatic heterocycles. The van der Waals surface area contributed by atoms with Crippen molar-refractivity contribution in [1.29, 1.82) is 0 Å². The van der Waals surface area contributed by atoms with Crippen LogP contribution in [0.25, 0.3) is 0 Å². The summed E-state index contributed by atoms with van der Waals surface area (Å²) in [5, 5.41) is 4.31. The minimum Gasteiger partial charge on any atom is -0.423 e. The van der Waals surface area contributed by atoms with Crippen molar-refractivity contribution >= 4 is 23.2 Å². The first kappa shape index (κ1) is 16.0. The van der Waals surface area contributed by atoms with E-state index in [1.54, 1.807) is 24.4 Å². The second-order valence-corrected chi connectivity index (χ2v) is 5.82. The van der Waals surface area contributed by atoms with Crippen LogP contribution in [0.1, 0.15) is 25.1 Å². The molecule has 0 radical (unpaired) electrons. The highest BCUT2D eigenvalue weighted by atomic mass is 35.5. The molecule has 1 aromatic heterocycles. The lowest BCUT2D eigenvalue weighted by Gasteiger charge is -2.11. The van der Waals surface area contributed by atoms with Crippen LogP contribution >= 0.6 is 23.2 Å². The third-order valence-corrected chi connectivity index (χ3v) is 3.39. The highest BCUT2D eigenvalue weighted by Crippen LogP contribution is 2.30. The largest absolute Gasteiger partial charge is 0.423 e. The molecule has 0 saturated heterocycles. The summed E-state index contributed by atoms with van der Waals surface area (Å²) in [5.41, 5.74) is 1.91. The van der Waals surface area contributed by atoms with Crippen LogP contribution in [-0.2, 0) is 6.54 Å². The zero-order chi connectivity index (χ0) is 15.4. The van der Waals surface area contributed by atoms with Gasteiger partial charge in [0.15, 0.2) is 0 Å². The molecule has 0 aliphatic rings. The Kier molecular flexibility index (Phi) is 5.39. The Morgan fingerprint density at radius 2 is 2.05 bits per heavy atom. The lowest BCUT2D eigenvalue weighted by atomic mass is 10.2. The number of rotatable bonds is 5. The van der Waals surface area contributed by atoms with E-state index in [0.717, 1.165) is 17.8 Å². The van der Waals surface area contributed by atoms with Gasteiger partial charge in [0.25, 0.3) is 0 Å². The monoisotopic (exact) mass is 325 g/mol. The third kappa shape index (κ3) is 4.56. The summed E-state index contributed by atoms with van der Waals surface area (Å²) in [6.07, 6.45) is 1.76. The molecule has 112 valence electrons. The summed E-state index contributed by atoms with van der Waals surface area (Å²) in [7, 11) is 0. The SMILES string of the molecule is Cc1nc(Oc2ccc(Cl)cc2Cl)ncc1CNC(C)C. The molecular formula is C15H17Cl2N3O. The number of halogens is 2. The van der Waals surface area contributed by atoms with Gasteiger partial charge in [0.1, 0.15) is 5.75 Å². The Morgan fingerprint density at radius 1 is 1.29 bits per heavy atom. The van der Waals surface area contributed by atoms with Crippen LogP contribution in [-0.4, -0.2) is 16.0 Å². The predicted octanol–water partition coefficient (Wildman–Crippen LogP) is 4.38. The van der Waals surface area contributed by atoms with Crippen molar-refractivity contribution < 1.29 is 4.74 Å². The highest BCUT2D eigenvalue weighted by Gasteiger charge is 2.08. The molecule has 6 heteroatoms. The number of benzene rings is 1. The fourth-order valence-corrected chi connectivity index (χ4v) is 2.11. The van der Waals surface area contributed by atoms with Crippen molar-refractivity contribution in [3.05, 3.63) is 45.7 Å². The fourth-order valence-electron chi connectivity index (χ4n) is 1.66. The Morgan fingerprint density at radius 3 is 2.67 bits per heavy atom. The van der Waals surface area contributed by atoms with Gasteiger partial charge in [-0.15, -0.1) is 0 Å². The van der Waals surface area contributed by atoms with E-state index < -0.39 is 0 Å². The van der Waals surface area contributed by atoms with E-state index >= 15 is 0 Å². The smallest absolute Gasteiger partial charge is 0.322 e. The van der Waals surface area contributed by atoms with Crippen molar-refractivity contribution in [3.8, 4) is 11.8 Å². The molecule has 21 heavy (non-hydrogen) atoms. The number of ether oxygens (including phenoxy) is 1. The molecule has 0 unspecified atom stereocenters. The molecule has 0 atom stereocenters. The molecule has 0 amide bonds. The van der Waals surface area contributed by atoms with Crippen molar-refractivity contribution in [1.82, 2.24) is 15.3 Å². The van der Waals surface area contributed by atoms with Crippen LogP contribution in [0.15, 0.2) is 24.4 Å². The van der Waals surface area contributed by atoms with E-state index in [1.807, 2.05) is 6.92 Å². The van der Waals surface area contributed by atoms with Crippen molar-refractivity contribution in [2.75, 3.05) is 0 Å². The summed E-state index contributed by atoms with van der Waals surface area (Å²) < 4.78 is 5.59. The molecule has 1 heterocycles. The van der Waals surface area contributed by atoms with Gasteiger partial charge >= 0.3 is 6.01 Å². The van der Waals surface area contributed by atoms with Crippen LogP contribution < -0.4 is 10.1 Å². The van der Waals surface area contributed by atoms with Gasteiger partial charge in [0.2, 0.25) is 0 Å². The number of nitrogens with zero attached hydrogens (tertiary/aromatic N) is 2. The molecule has 4 nitrogen and oxygen atoms in total. The van der Waals surface area contributed by atoms with Gasteiger partial charge in [0, 0.05) is 35.1 Å². The fraction of sp³-hybridized carbons (Fsp3) is 0.333. The van der Waals surface area contributed by atoms with Gasteiger partial charge in [-0.2, -0.15) is 4.98 Å². The number of aryl methyl sites for hydroxylation is 1. The first-order chi connectivity index (χ1) is 9.95. The normalized spacial score (nSPS) is 11.0. The first-order valence-electron chi connectivity index (χ1n) is 6.64. The number of aromatic nitrogens is 2. The maximum Gasteiger partial charge on any atom is 0.322 e. The van der Waals surface area contributed by atoms with Crippen molar-refractivity contribution in [3.63, 3.8) is 0 Å². The predicted molar refractivity (Wildman–Crippen MR) is 85.3 cm³/mol. The van der Waals surface area contributed by atoms with Gasteiger partial charge in [0.05, 0.1) is 5.02 Å². The van der Waals surface area contributed by atoms with Crippen LogP contribution in [0.5, 0.6) is 11.8 Å². The summed E-state index contributed by atoms with van der Waals surface area (Å²) in [6, 6.07) is 5.69.